The average Bonchev–Trinajstić information content (AvgIpc) is 3.44. The van der Waals surface area contributed by atoms with Gasteiger partial charge >= 0.3 is 0 Å². The monoisotopic (exact) mass is 858 g/mol. The Morgan fingerprint density at radius 1 is 0.446 bits per heavy atom. The molecule has 6 aromatic rings. The van der Waals surface area contributed by atoms with Crippen molar-refractivity contribution in [2.45, 2.75) is 168 Å². The van der Waals surface area contributed by atoms with E-state index in [1.165, 1.54) is 72.0 Å². The summed E-state index contributed by atoms with van der Waals surface area (Å²) in [7, 11) is 0. The third kappa shape index (κ3) is 6.11. The molecule has 65 heavy (non-hydrogen) atoms. The summed E-state index contributed by atoms with van der Waals surface area (Å²) in [5.41, 5.74) is 23.9. The number of hydrogen-bond donors (Lipinski definition) is 0. The van der Waals surface area contributed by atoms with Gasteiger partial charge in [0, 0.05) is 38.2 Å². The van der Waals surface area contributed by atoms with Crippen LogP contribution in [0, 0.1) is 20.7 Å². The van der Waals surface area contributed by atoms with E-state index < -0.39 is 6.85 Å². The molecule has 0 spiro atoms. The van der Waals surface area contributed by atoms with E-state index in [2.05, 4.69) is 192 Å². The van der Waals surface area contributed by atoms with E-state index in [9.17, 15) is 4.11 Å². The lowest BCUT2D eigenvalue weighted by molar-refractivity contribution is 0.330. The molecule has 3 heteroatoms. The minimum atomic E-state index is -2.35. The summed E-state index contributed by atoms with van der Waals surface area (Å²) in [6.07, 6.45) is 5.55. The maximum Gasteiger partial charge on any atom is 0.252 e. The van der Waals surface area contributed by atoms with E-state index in [1.54, 1.807) is 0 Å². The summed E-state index contributed by atoms with van der Waals surface area (Å²) in [5, 5.41) is 0. The number of nitrogens with zero attached hydrogens (tertiary/aromatic N) is 2. The minimum absolute atomic E-state index is 0.0192. The molecule has 2 nitrogen and oxygen atoms in total. The number of hydrogen-bond acceptors (Lipinski definition) is 2. The van der Waals surface area contributed by atoms with Crippen LogP contribution in [0.3, 0.4) is 0 Å². The number of rotatable bonds is 3. The maximum absolute atomic E-state index is 9.20. The summed E-state index contributed by atoms with van der Waals surface area (Å²) in [6, 6.07) is 36.8. The number of benzene rings is 6. The lowest BCUT2D eigenvalue weighted by Gasteiger charge is -2.47. The van der Waals surface area contributed by atoms with Crippen LogP contribution in [-0.2, 0) is 32.5 Å². The van der Waals surface area contributed by atoms with Gasteiger partial charge in [0.1, 0.15) is 0 Å². The molecule has 0 radical (unpaired) electrons. The van der Waals surface area contributed by atoms with Crippen LogP contribution in [0.25, 0.3) is 11.1 Å². The smallest absolute Gasteiger partial charge is 0.252 e. The highest BCUT2D eigenvalue weighted by molar-refractivity contribution is 7.00. The zero-order valence-corrected chi connectivity index (χ0v) is 41.7. The van der Waals surface area contributed by atoms with Crippen molar-refractivity contribution in [1.82, 2.24) is 0 Å². The van der Waals surface area contributed by atoms with Crippen molar-refractivity contribution in [1.29, 1.82) is 0 Å². The van der Waals surface area contributed by atoms with Crippen molar-refractivity contribution in [3.05, 3.63) is 147 Å². The Hall–Kier alpha value is -5.02. The second-order valence-corrected chi connectivity index (χ2v) is 24.9. The molecule has 0 fully saturated rings. The van der Waals surface area contributed by atoms with Gasteiger partial charge in [-0.15, -0.1) is 0 Å². The Bertz CT molecular complexity index is 3130. The predicted molar refractivity (Wildman–Crippen MR) is 281 cm³/mol. The standard InChI is InChI=1S/C62H71BN2/c1-37-29-53-56-54(30-37)65(51-34-45-43(31-38(51)2)58(6,7)25-26-59(45,8)9)50-23-21-41(40-19-17-16-18-20-40)32-47(50)63(56)48-33-44-46(62(14,15)36-61(44,12)13)35-52(48)64(53)49-24-22-42-55(39(49)3)60(10,11)28-27-57(42,4)5/h16-24,29-35H,25-28,36H2,1-15H3/i1D3. The van der Waals surface area contributed by atoms with Crippen LogP contribution in [0.1, 0.15) is 169 Å². The zero-order chi connectivity index (χ0) is 48.6. The Labute approximate surface area is 396 Å². The van der Waals surface area contributed by atoms with E-state index >= 15 is 0 Å². The molecule has 0 saturated heterocycles. The van der Waals surface area contributed by atoms with Crippen molar-refractivity contribution >= 4 is 57.2 Å². The molecule has 0 N–H and O–H groups in total. The highest BCUT2D eigenvalue weighted by Crippen LogP contribution is 2.56. The second kappa shape index (κ2) is 13.5. The van der Waals surface area contributed by atoms with Gasteiger partial charge < -0.3 is 9.80 Å². The molecule has 332 valence electrons. The Kier molecular flexibility index (Phi) is 8.17. The largest absolute Gasteiger partial charge is 0.311 e. The minimum Gasteiger partial charge on any atom is -0.311 e. The van der Waals surface area contributed by atoms with Crippen LogP contribution in [0.2, 0.25) is 0 Å². The molecule has 2 heterocycles. The highest BCUT2D eigenvalue weighted by Gasteiger charge is 2.49. The number of anilines is 6. The van der Waals surface area contributed by atoms with Gasteiger partial charge in [-0.25, -0.2) is 0 Å². The van der Waals surface area contributed by atoms with Gasteiger partial charge in [-0.05, 0) is 199 Å². The normalized spacial score (nSPS) is 21.4. The van der Waals surface area contributed by atoms with Crippen molar-refractivity contribution in [2.24, 2.45) is 0 Å². The zero-order valence-electron chi connectivity index (χ0n) is 44.7. The fourth-order valence-electron chi connectivity index (χ4n) is 14.0. The van der Waals surface area contributed by atoms with Gasteiger partial charge in [0.05, 0.1) is 0 Å². The highest BCUT2D eigenvalue weighted by atomic mass is 15.2. The van der Waals surface area contributed by atoms with Gasteiger partial charge in [0.25, 0.3) is 6.71 Å². The second-order valence-electron chi connectivity index (χ2n) is 24.9. The lowest BCUT2D eigenvalue weighted by Crippen LogP contribution is -2.61. The van der Waals surface area contributed by atoms with E-state index in [4.69, 9.17) is 0 Å². The first-order valence-electron chi connectivity index (χ1n) is 26.1. The number of fused-ring (bicyclic) bond motifs is 7. The van der Waals surface area contributed by atoms with E-state index in [0.717, 1.165) is 66.2 Å². The molecule has 5 aliphatic rings. The fraction of sp³-hybridized carbons (Fsp3) is 0.419. The molecule has 0 saturated carbocycles. The Morgan fingerprint density at radius 3 is 1.62 bits per heavy atom. The van der Waals surface area contributed by atoms with Crippen LogP contribution in [0.5, 0.6) is 0 Å². The summed E-state index contributed by atoms with van der Waals surface area (Å²) in [5.74, 6) is 0. The summed E-state index contributed by atoms with van der Waals surface area (Å²) in [6.45, 7) is 31.1. The molecule has 0 atom stereocenters. The Morgan fingerprint density at radius 2 is 0.969 bits per heavy atom. The van der Waals surface area contributed by atoms with Gasteiger partial charge in [0.2, 0.25) is 0 Å². The molecular formula is C62H71BN2. The third-order valence-electron chi connectivity index (χ3n) is 17.5. The van der Waals surface area contributed by atoms with Crippen molar-refractivity contribution in [2.75, 3.05) is 9.80 Å². The molecule has 0 unspecified atom stereocenters. The average molecular weight is 858 g/mol. The molecule has 6 aromatic carbocycles. The molecule has 0 aromatic heterocycles. The molecule has 0 bridgehead atoms. The van der Waals surface area contributed by atoms with Crippen molar-refractivity contribution < 1.29 is 4.11 Å². The molecule has 2 aliphatic heterocycles. The van der Waals surface area contributed by atoms with Crippen molar-refractivity contribution in [3.63, 3.8) is 0 Å². The van der Waals surface area contributed by atoms with Gasteiger partial charge in [0.15, 0.2) is 0 Å². The fourth-order valence-corrected chi connectivity index (χ4v) is 14.0. The van der Waals surface area contributed by atoms with E-state index in [0.29, 0.717) is 5.56 Å². The first kappa shape index (κ1) is 39.2. The summed E-state index contributed by atoms with van der Waals surface area (Å²) in [4.78, 5) is 4.99. The maximum atomic E-state index is 9.20. The molecule has 0 amide bonds. The van der Waals surface area contributed by atoms with Crippen LogP contribution in [-0.4, -0.2) is 6.71 Å². The number of aryl methyl sites for hydroxylation is 2. The topological polar surface area (TPSA) is 6.48 Å². The lowest BCUT2D eigenvalue weighted by atomic mass is 9.33. The summed E-state index contributed by atoms with van der Waals surface area (Å²) >= 11 is 0. The van der Waals surface area contributed by atoms with Crippen molar-refractivity contribution in [3.8, 4) is 11.1 Å². The quantitative estimate of drug-likeness (QED) is 0.163. The molecule has 11 rings (SSSR count). The summed E-state index contributed by atoms with van der Waals surface area (Å²) < 4.78 is 27.6. The van der Waals surface area contributed by atoms with Crippen LogP contribution in [0.4, 0.5) is 34.1 Å². The van der Waals surface area contributed by atoms with Crippen LogP contribution < -0.4 is 26.2 Å². The SMILES string of the molecule is [2H]C([2H])([2H])c1cc2c3c(c1)N(c1ccc4c(c1C)C(C)(C)CCC4(C)C)c1cc4c(cc1B3c1cc(-c3ccccc3)ccc1N2c1cc2c(cc1C)C(C)(C)CCC2(C)C)C(C)(C)CC4(C)C. The Balaban J connectivity index is 1.30. The predicted octanol–water partition coefficient (Wildman–Crippen LogP) is 15.0. The van der Waals surface area contributed by atoms with Gasteiger partial charge in [-0.2, -0.15) is 0 Å². The van der Waals surface area contributed by atoms with E-state index in [-0.39, 0.29) is 39.2 Å². The van der Waals surface area contributed by atoms with Crippen LogP contribution in [0.15, 0.2) is 97.1 Å². The third-order valence-corrected chi connectivity index (χ3v) is 17.5. The van der Waals surface area contributed by atoms with Crippen LogP contribution >= 0.6 is 0 Å². The van der Waals surface area contributed by atoms with E-state index in [1.807, 2.05) is 12.1 Å². The van der Waals surface area contributed by atoms with Gasteiger partial charge in [-0.1, -0.05) is 144 Å². The first-order valence-corrected chi connectivity index (χ1v) is 24.6. The van der Waals surface area contributed by atoms with Gasteiger partial charge in [-0.3, -0.25) is 0 Å². The first-order chi connectivity index (χ1) is 31.6. The molecule has 3 aliphatic carbocycles. The molecular weight excluding hydrogens is 784 g/mol.